The maximum atomic E-state index is 13.3. The van der Waals surface area contributed by atoms with Crippen LogP contribution in [0.5, 0.6) is 0 Å². The van der Waals surface area contributed by atoms with Crippen molar-refractivity contribution in [1.29, 1.82) is 0 Å². The molecule has 0 spiro atoms. The molecule has 0 bridgehead atoms. The van der Waals surface area contributed by atoms with E-state index in [0.717, 1.165) is 17.7 Å². The number of aromatic nitrogens is 1. The number of halogens is 1. The van der Waals surface area contributed by atoms with Crippen LogP contribution in [-0.2, 0) is 21.4 Å². The number of alkyl halides is 1. The van der Waals surface area contributed by atoms with Gasteiger partial charge in [0.05, 0.1) is 17.8 Å². The first-order chi connectivity index (χ1) is 15.2. The second-order valence-electron chi connectivity index (χ2n) is 9.01. The molecular formula is C21H24FN4O5S+. The lowest BCUT2D eigenvalue weighted by atomic mass is 9.99. The van der Waals surface area contributed by atoms with Crippen LogP contribution in [0.2, 0.25) is 0 Å². The van der Waals surface area contributed by atoms with E-state index in [9.17, 15) is 22.4 Å². The predicted octanol–water partition coefficient (Wildman–Crippen LogP) is 1.60. The normalized spacial score (nSPS) is 24.6. The average molecular weight is 464 g/mol. The Hall–Kier alpha value is -2.66. The van der Waals surface area contributed by atoms with Crippen LogP contribution in [0.25, 0.3) is 0 Å². The van der Waals surface area contributed by atoms with Gasteiger partial charge in [-0.05, 0) is 50.7 Å². The van der Waals surface area contributed by atoms with Crippen molar-refractivity contribution in [3.8, 4) is 0 Å². The second-order valence-corrected chi connectivity index (χ2v) is 10.9. The Kier molecular flexibility index (Phi) is 4.93. The number of hydrogen-bond donors (Lipinski definition) is 1. The van der Waals surface area contributed by atoms with Gasteiger partial charge in [-0.25, -0.2) is 22.3 Å². The van der Waals surface area contributed by atoms with Crippen LogP contribution in [0.1, 0.15) is 37.1 Å². The third-order valence-corrected chi connectivity index (χ3v) is 7.96. The fourth-order valence-corrected chi connectivity index (χ4v) is 5.58. The topological polar surface area (TPSA) is 113 Å². The van der Waals surface area contributed by atoms with Gasteiger partial charge in [0.25, 0.3) is 0 Å². The van der Waals surface area contributed by atoms with Gasteiger partial charge in [0.2, 0.25) is 10.0 Å². The van der Waals surface area contributed by atoms with E-state index in [4.69, 9.17) is 4.52 Å². The fourth-order valence-electron chi connectivity index (χ4n) is 3.98. The average Bonchev–Trinajstić information content (AvgIpc) is 3.69. The molecule has 1 aromatic rings. The Labute approximate surface area is 184 Å². The SMILES string of the molecule is Cc1cc(CN2C(=O)C3=CC(S(=O)(=O)NC4(CF)CC4)C=CC3=[N+](CC3CC3)C2=O)on1. The molecule has 1 N–H and O–H groups in total. The molecule has 9 nitrogen and oxygen atoms in total. The molecule has 0 radical (unpaired) electrons. The Morgan fingerprint density at radius 1 is 1.34 bits per heavy atom. The van der Waals surface area contributed by atoms with Gasteiger partial charge in [-0.1, -0.05) is 11.2 Å². The summed E-state index contributed by atoms with van der Waals surface area (Å²) in [5.74, 6) is 0.115. The van der Waals surface area contributed by atoms with Gasteiger partial charge < -0.3 is 4.52 Å². The number of carbonyl (C=O) groups excluding carboxylic acids is 2. The molecule has 2 saturated carbocycles. The molecule has 1 aliphatic heterocycles. The number of nitrogens with one attached hydrogen (secondary N) is 1. The third kappa shape index (κ3) is 3.83. The lowest BCUT2D eigenvalue weighted by molar-refractivity contribution is -0.440. The first kappa shape index (κ1) is 21.2. The molecule has 32 heavy (non-hydrogen) atoms. The molecule has 2 fully saturated rings. The van der Waals surface area contributed by atoms with Crippen molar-refractivity contribution in [3.05, 3.63) is 41.3 Å². The lowest BCUT2D eigenvalue weighted by Crippen LogP contribution is -2.52. The number of nitrogens with zero attached hydrogens (tertiary/aromatic N) is 3. The van der Waals surface area contributed by atoms with Gasteiger partial charge in [-0.3, -0.25) is 0 Å². The highest BCUT2D eigenvalue weighted by Crippen LogP contribution is 2.37. The highest BCUT2D eigenvalue weighted by molar-refractivity contribution is 7.90. The molecule has 3 aliphatic carbocycles. The van der Waals surface area contributed by atoms with Crippen LogP contribution in [0.3, 0.4) is 0 Å². The molecule has 1 unspecified atom stereocenters. The number of rotatable bonds is 8. The summed E-state index contributed by atoms with van der Waals surface area (Å²) >= 11 is 0. The summed E-state index contributed by atoms with van der Waals surface area (Å²) in [6.45, 7) is 1.31. The lowest BCUT2D eigenvalue weighted by Gasteiger charge is -2.26. The summed E-state index contributed by atoms with van der Waals surface area (Å²) < 4.78 is 48.2. The van der Waals surface area contributed by atoms with Gasteiger partial charge in [0.15, 0.2) is 12.3 Å². The van der Waals surface area contributed by atoms with Gasteiger partial charge in [0, 0.05) is 6.07 Å². The Bertz CT molecular complexity index is 1190. The number of sulfonamides is 1. The Morgan fingerprint density at radius 3 is 2.69 bits per heavy atom. The second kappa shape index (κ2) is 7.45. The molecule has 3 amide bonds. The summed E-state index contributed by atoms with van der Waals surface area (Å²) in [7, 11) is -3.95. The number of imide groups is 1. The minimum Gasteiger partial charge on any atom is -0.357 e. The van der Waals surface area contributed by atoms with Crippen LogP contribution in [0.15, 0.2) is 34.4 Å². The third-order valence-electron chi connectivity index (χ3n) is 6.23. The molecule has 5 rings (SSSR count). The maximum Gasteiger partial charge on any atom is 0.501 e. The smallest absolute Gasteiger partial charge is 0.357 e. The summed E-state index contributed by atoms with van der Waals surface area (Å²) in [6, 6.07) is 1.17. The van der Waals surface area contributed by atoms with Gasteiger partial charge in [-0.15, -0.1) is 4.90 Å². The zero-order chi connectivity index (χ0) is 22.7. The summed E-state index contributed by atoms with van der Waals surface area (Å²) in [4.78, 5) is 27.5. The number of aryl methyl sites for hydroxylation is 1. The summed E-state index contributed by atoms with van der Waals surface area (Å²) in [6.07, 6.45) is 7.19. The van der Waals surface area contributed by atoms with Crippen molar-refractivity contribution in [2.45, 2.75) is 49.9 Å². The van der Waals surface area contributed by atoms with E-state index in [1.165, 1.54) is 22.8 Å². The van der Waals surface area contributed by atoms with Crippen LogP contribution < -0.4 is 4.72 Å². The van der Waals surface area contributed by atoms with Crippen molar-refractivity contribution < 1.29 is 31.5 Å². The quantitative estimate of drug-likeness (QED) is 0.586. The number of fused-ring (bicyclic) bond motifs is 1. The number of urea groups is 1. The standard InChI is InChI=1S/C21H24FN4O5S/c1-13-8-15(31-23-13)11-26-19(27)17-9-16(32(29,30)24-21(12-22)6-7-21)4-5-18(17)25(20(26)28)10-14-2-3-14/h4-5,8-9,14,16,24H,2-3,6-7,10-12H2,1H3/q+1. The van der Waals surface area contributed by atoms with Gasteiger partial charge >= 0.3 is 11.9 Å². The van der Waals surface area contributed by atoms with Crippen LogP contribution >= 0.6 is 0 Å². The van der Waals surface area contributed by atoms with Crippen molar-refractivity contribution in [2.75, 3.05) is 13.2 Å². The van der Waals surface area contributed by atoms with Crippen LogP contribution in [0.4, 0.5) is 9.18 Å². The molecule has 4 aliphatic rings. The first-order valence-electron chi connectivity index (χ1n) is 10.6. The minimum atomic E-state index is -3.95. The predicted molar refractivity (Wildman–Crippen MR) is 111 cm³/mol. The molecule has 1 atom stereocenters. The molecular weight excluding hydrogens is 439 g/mol. The molecule has 0 aromatic carbocycles. The highest BCUT2D eigenvalue weighted by Gasteiger charge is 2.50. The molecule has 11 heteroatoms. The van der Waals surface area contributed by atoms with E-state index in [1.807, 2.05) is 0 Å². The van der Waals surface area contributed by atoms with Crippen molar-refractivity contribution in [1.82, 2.24) is 14.8 Å². The molecule has 0 saturated heterocycles. The number of carbonyl (C=O) groups is 2. The highest BCUT2D eigenvalue weighted by atomic mass is 32.2. The zero-order valence-corrected chi connectivity index (χ0v) is 18.4. The number of amides is 3. The molecule has 2 heterocycles. The number of hydrogen-bond acceptors (Lipinski definition) is 6. The van der Waals surface area contributed by atoms with E-state index >= 15 is 0 Å². The summed E-state index contributed by atoms with van der Waals surface area (Å²) in [5.41, 5.74) is 0.132. The number of allylic oxidation sites excluding steroid dienone is 1. The van der Waals surface area contributed by atoms with E-state index < -0.39 is 39.4 Å². The summed E-state index contributed by atoms with van der Waals surface area (Å²) in [5, 5.41) is 2.66. The fraction of sp³-hybridized carbons (Fsp3) is 0.524. The van der Waals surface area contributed by atoms with Crippen LogP contribution in [0, 0.1) is 12.8 Å². The largest absolute Gasteiger partial charge is 0.501 e. The molecule has 170 valence electrons. The van der Waals surface area contributed by atoms with Gasteiger partial charge in [0.1, 0.15) is 23.2 Å². The van der Waals surface area contributed by atoms with E-state index in [0.29, 0.717) is 42.5 Å². The monoisotopic (exact) mass is 463 g/mol. The van der Waals surface area contributed by atoms with Crippen molar-refractivity contribution in [3.63, 3.8) is 0 Å². The minimum absolute atomic E-state index is 0.103. The molecule has 1 aromatic heterocycles. The van der Waals surface area contributed by atoms with Crippen LogP contribution in [-0.4, -0.2) is 64.7 Å². The maximum absolute atomic E-state index is 13.3. The van der Waals surface area contributed by atoms with Crippen molar-refractivity contribution >= 4 is 27.7 Å². The van der Waals surface area contributed by atoms with Gasteiger partial charge in [-0.2, -0.15) is 9.37 Å². The van der Waals surface area contributed by atoms with Crippen molar-refractivity contribution in [2.24, 2.45) is 5.92 Å². The van der Waals surface area contributed by atoms with E-state index in [-0.39, 0.29) is 12.1 Å². The zero-order valence-electron chi connectivity index (χ0n) is 17.6. The van der Waals surface area contributed by atoms with E-state index in [2.05, 4.69) is 9.88 Å². The first-order valence-corrected chi connectivity index (χ1v) is 12.2. The van der Waals surface area contributed by atoms with E-state index in [1.54, 1.807) is 13.0 Å². The Morgan fingerprint density at radius 2 is 2.09 bits per heavy atom. The Balaban J connectivity index is 1.50.